The topological polar surface area (TPSA) is 57.0 Å². The Balaban J connectivity index is 1.15. The van der Waals surface area contributed by atoms with E-state index in [2.05, 4.69) is 95.6 Å². The third-order valence-electron chi connectivity index (χ3n) is 10.2. The molecule has 0 saturated carbocycles. The Kier molecular flexibility index (Phi) is 5.06. The molecule has 0 N–H and O–H groups in total. The fourth-order valence-corrected chi connectivity index (χ4v) is 9.10. The summed E-state index contributed by atoms with van der Waals surface area (Å²) in [6.45, 7) is 0. The molecule has 0 aliphatic heterocycles. The molecule has 5 aromatic heterocycles. The van der Waals surface area contributed by atoms with Gasteiger partial charge in [0, 0.05) is 64.1 Å². The second kappa shape index (κ2) is 9.56. The summed E-state index contributed by atoms with van der Waals surface area (Å²) in [5.74, 6) is 0.785. The van der Waals surface area contributed by atoms with Gasteiger partial charge in [0.2, 0.25) is 0 Å². The van der Waals surface area contributed by atoms with Gasteiger partial charge in [0.25, 0.3) is 0 Å². The molecule has 0 saturated heterocycles. The van der Waals surface area contributed by atoms with E-state index in [0.29, 0.717) is 0 Å². The van der Waals surface area contributed by atoms with Gasteiger partial charge in [-0.1, -0.05) is 72.8 Å². The van der Waals surface area contributed by atoms with Crippen molar-refractivity contribution in [3.05, 3.63) is 140 Å². The van der Waals surface area contributed by atoms with E-state index in [1.807, 2.05) is 59.9 Å². The Morgan fingerprint density at radius 1 is 0.440 bits per heavy atom. The Bertz CT molecular complexity index is 3400. The quantitative estimate of drug-likeness (QED) is 0.186. The zero-order chi connectivity index (χ0) is 32.5. The third-order valence-corrected chi connectivity index (χ3v) is 11.3. The lowest BCUT2D eigenvalue weighted by Crippen LogP contribution is -2.03. The number of rotatable bonds is 2. The van der Waals surface area contributed by atoms with Crippen molar-refractivity contribution in [1.29, 1.82) is 0 Å². The van der Waals surface area contributed by atoms with Crippen molar-refractivity contribution >= 4 is 108 Å². The maximum Gasteiger partial charge on any atom is 0.165 e. The maximum absolute atomic E-state index is 6.54. The predicted molar refractivity (Wildman–Crippen MR) is 207 cm³/mol. The van der Waals surface area contributed by atoms with Crippen molar-refractivity contribution in [2.75, 3.05) is 0 Å². The zero-order valence-electron chi connectivity index (χ0n) is 26.3. The molecule has 0 bridgehead atoms. The number of para-hydroxylation sites is 4. The molecule has 6 heteroatoms. The van der Waals surface area contributed by atoms with E-state index < -0.39 is 0 Å². The molecule has 0 aliphatic rings. The van der Waals surface area contributed by atoms with E-state index in [1.54, 1.807) is 0 Å². The van der Waals surface area contributed by atoms with Crippen LogP contribution in [-0.4, -0.2) is 14.5 Å². The number of furan rings is 2. The van der Waals surface area contributed by atoms with Crippen molar-refractivity contribution in [1.82, 2.24) is 14.5 Å². The fourth-order valence-electron chi connectivity index (χ4n) is 7.99. The van der Waals surface area contributed by atoms with Gasteiger partial charge in [-0.3, -0.25) is 4.57 Å². The summed E-state index contributed by atoms with van der Waals surface area (Å²) in [7, 11) is 0. The minimum Gasteiger partial charge on any atom is -0.456 e. The molecule has 0 radical (unpaired) electrons. The average molecular weight is 658 g/mol. The lowest BCUT2D eigenvalue weighted by Gasteiger charge is -2.13. The molecular weight excluding hydrogens is 635 g/mol. The summed E-state index contributed by atoms with van der Waals surface area (Å²) in [6, 6.07) is 48.7. The van der Waals surface area contributed by atoms with Gasteiger partial charge in [0.1, 0.15) is 28.0 Å². The van der Waals surface area contributed by atoms with Gasteiger partial charge in [-0.2, -0.15) is 0 Å². The van der Waals surface area contributed by atoms with E-state index in [1.165, 1.54) is 30.9 Å². The second-order valence-electron chi connectivity index (χ2n) is 12.9. The number of thiophene rings is 1. The summed E-state index contributed by atoms with van der Waals surface area (Å²) in [6.07, 6.45) is 0. The van der Waals surface area contributed by atoms with Crippen LogP contribution in [0.3, 0.4) is 0 Å². The van der Waals surface area contributed by atoms with Crippen LogP contribution in [-0.2, 0) is 0 Å². The second-order valence-corrected chi connectivity index (χ2v) is 14.0. The lowest BCUT2D eigenvalue weighted by atomic mass is 10.1. The Labute approximate surface area is 287 Å². The van der Waals surface area contributed by atoms with Crippen LogP contribution >= 0.6 is 11.3 Å². The van der Waals surface area contributed by atoms with Gasteiger partial charge in [-0.25, -0.2) is 9.97 Å². The van der Waals surface area contributed by atoms with Crippen LogP contribution in [0.2, 0.25) is 0 Å². The first-order valence-corrected chi connectivity index (χ1v) is 17.5. The molecule has 5 nitrogen and oxygen atoms in total. The third kappa shape index (κ3) is 3.50. The smallest absolute Gasteiger partial charge is 0.165 e. The van der Waals surface area contributed by atoms with Gasteiger partial charge in [0.15, 0.2) is 5.82 Å². The highest BCUT2D eigenvalue weighted by atomic mass is 32.1. The standard InChI is InChI=1S/C44H23N3O2S/c1-6-14-33-27(10-1)41-34(19-20-40-42(41)28-11-3-8-16-39(28)50-40)47(33)44-43(45-31-12-4-5-13-32(31)46-44)24-17-18-26-30-22-29-25-9-2-7-15-35(25)48-37(29)23-38(30)49-36(26)21-24/h1-23H. The molecule has 0 spiro atoms. The molecule has 7 aromatic carbocycles. The van der Waals surface area contributed by atoms with E-state index in [9.17, 15) is 0 Å². The lowest BCUT2D eigenvalue weighted by molar-refractivity contribution is 0.656. The first kappa shape index (κ1) is 26.5. The highest BCUT2D eigenvalue weighted by molar-refractivity contribution is 7.26. The molecule has 0 fully saturated rings. The zero-order valence-corrected chi connectivity index (χ0v) is 27.2. The monoisotopic (exact) mass is 657 g/mol. The minimum absolute atomic E-state index is 0.785. The molecule has 0 aliphatic carbocycles. The average Bonchev–Trinajstić information content (AvgIpc) is 3.91. The molecular formula is C44H23N3O2S. The van der Waals surface area contributed by atoms with Gasteiger partial charge >= 0.3 is 0 Å². The Hall–Kier alpha value is -6.50. The van der Waals surface area contributed by atoms with Crippen LogP contribution in [0.15, 0.2) is 148 Å². The van der Waals surface area contributed by atoms with Crippen LogP contribution in [0.4, 0.5) is 0 Å². The van der Waals surface area contributed by atoms with Crippen LogP contribution < -0.4 is 0 Å². The molecule has 12 rings (SSSR count). The van der Waals surface area contributed by atoms with Gasteiger partial charge in [0.05, 0.1) is 22.1 Å². The molecule has 0 atom stereocenters. The van der Waals surface area contributed by atoms with Crippen molar-refractivity contribution in [3.63, 3.8) is 0 Å². The molecule has 12 aromatic rings. The minimum atomic E-state index is 0.785. The van der Waals surface area contributed by atoms with E-state index in [4.69, 9.17) is 18.8 Å². The van der Waals surface area contributed by atoms with Crippen molar-refractivity contribution < 1.29 is 8.83 Å². The van der Waals surface area contributed by atoms with Gasteiger partial charge in [-0.15, -0.1) is 11.3 Å². The number of hydrogen-bond donors (Lipinski definition) is 0. The Morgan fingerprint density at radius 2 is 1.12 bits per heavy atom. The number of benzene rings is 7. The normalized spacial score (nSPS) is 12.4. The van der Waals surface area contributed by atoms with Gasteiger partial charge in [-0.05, 0) is 60.7 Å². The molecule has 232 valence electrons. The summed E-state index contributed by atoms with van der Waals surface area (Å²) < 4.78 is 17.6. The number of aromatic nitrogens is 3. The van der Waals surface area contributed by atoms with Gasteiger partial charge < -0.3 is 8.83 Å². The van der Waals surface area contributed by atoms with E-state index in [-0.39, 0.29) is 0 Å². The maximum atomic E-state index is 6.54. The molecule has 5 heterocycles. The SMILES string of the molecule is c1ccc2nc(-n3c4ccccc4c4c5c(ccc43)sc3ccccc35)c(-c3ccc4c(c3)oc3cc5oc6ccccc6c5cc34)nc2c1. The van der Waals surface area contributed by atoms with Crippen LogP contribution in [0.25, 0.3) is 114 Å². The number of hydrogen-bond acceptors (Lipinski definition) is 5. The molecule has 0 unspecified atom stereocenters. The van der Waals surface area contributed by atoms with Crippen molar-refractivity contribution in [2.45, 2.75) is 0 Å². The predicted octanol–water partition coefficient (Wildman–Crippen LogP) is 12.6. The number of fused-ring (bicyclic) bond motifs is 14. The summed E-state index contributed by atoms with van der Waals surface area (Å²) >= 11 is 1.84. The van der Waals surface area contributed by atoms with Crippen molar-refractivity contribution in [3.8, 4) is 17.1 Å². The number of nitrogens with zero attached hydrogens (tertiary/aromatic N) is 3. The van der Waals surface area contributed by atoms with Crippen molar-refractivity contribution in [2.24, 2.45) is 0 Å². The van der Waals surface area contributed by atoms with E-state index >= 15 is 0 Å². The molecule has 0 amide bonds. The first-order valence-electron chi connectivity index (χ1n) is 16.7. The summed E-state index contributed by atoms with van der Waals surface area (Å²) in [5.41, 5.74) is 8.90. The summed E-state index contributed by atoms with van der Waals surface area (Å²) in [5, 5.41) is 9.30. The van der Waals surface area contributed by atoms with Crippen LogP contribution in [0, 0.1) is 0 Å². The highest BCUT2D eigenvalue weighted by Crippen LogP contribution is 2.45. The summed E-state index contributed by atoms with van der Waals surface area (Å²) in [4.78, 5) is 10.7. The van der Waals surface area contributed by atoms with Crippen LogP contribution in [0.5, 0.6) is 0 Å². The van der Waals surface area contributed by atoms with Crippen LogP contribution in [0.1, 0.15) is 0 Å². The largest absolute Gasteiger partial charge is 0.456 e. The Morgan fingerprint density at radius 3 is 2.00 bits per heavy atom. The fraction of sp³-hybridized carbons (Fsp3) is 0. The highest BCUT2D eigenvalue weighted by Gasteiger charge is 2.23. The van der Waals surface area contributed by atoms with E-state index in [0.717, 1.165) is 83.0 Å². The first-order chi connectivity index (χ1) is 24.8. The molecule has 50 heavy (non-hydrogen) atoms.